The van der Waals surface area contributed by atoms with Crippen molar-refractivity contribution in [1.29, 1.82) is 0 Å². The number of nitrogens with one attached hydrogen (secondary N) is 2. The maximum atomic E-state index is 12.5. The van der Waals surface area contributed by atoms with Crippen molar-refractivity contribution in [3.63, 3.8) is 0 Å². The topological polar surface area (TPSA) is 67.4 Å². The van der Waals surface area contributed by atoms with Crippen LogP contribution in [0.5, 0.6) is 0 Å². The lowest BCUT2D eigenvalue weighted by atomic mass is 10.1. The van der Waals surface area contributed by atoms with Crippen LogP contribution < -0.4 is 10.0 Å². The molecule has 0 amide bonds. The minimum Gasteiger partial charge on any atom is -0.383 e. The SMILES string of the molecule is CNCc1cc(S(=O)(=O)NC(COC)C(C)C)c(C)s1. The lowest BCUT2D eigenvalue weighted by Crippen LogP contribution is -2.41. The molecule has 1 aromatic rings. The maximum Gasteiger partial charge on any atom is 0.242 e. The number of hydrogen-bond donors (Lipinski definition) is 2. The van der Waals surface area contributed by atoms with Gasteiger partial charge in [-0.05, 0) is 26.0 Å². The van der Waals surface area contributed by atoms with Crippen molar-refractivity contribution < 1.29 is 13.2 Å². The number of thiophene rings is 1. The molecule has 0 fully saturated rings. The standard InChI is InChI=1S/C13H24N2O3S2/c1-9(2)12(8-18-5)15-20(16,17)13-6-11(7-14-4)19-10(13)3/h6,9,12,14-15H,7-8H2,1-5H3. The normalized spacial score (nSPS) is 13.9. The predicted molar refractivity (Wildman–Crippen MR) is 82.6 cm³/mol. The van der Waals surface area contributed by atoms with E-state index in [2.05, 4.69) is 10.0 Å². The van der Waals surface area contributed by atoms with E-state index >= 15 is 0 Å². The van der Waals surface area contributed by atoms with Crippen LogP contribution in [-0.4, -0.2) is 35.2 Å². The van der Waals surface area contributed by atoms with Crippen LogP contribution in [0, 0.1) is 12.8 Å². The van der Waals surface area contributed by atoms with Gasteiger partial charge in [-0.3, -0.25) is 0 Å². The zero-order valence-electron chi connectivity index (χ0n) is 12.7. The first kappa shape index (κ1) is 17.6. The van der Waals surface area contributed by atoms with E-state index in [4.69, 9.17) is 4.74 Å². The van der Waals surface area contributed by atoms with Gasteiger partial charge in [-0.15, -0.1) is 11.3 Å². The average molecular weight is 320 g/mol. The Kier molecular flexibility index (Phi) is 6.60. The number of sulfonamides is 1. The molecule has 20 heavy (non-hydrogen) atoms. The molecule has 0 aliphatic heterocycles. The molecule has 0 spiro atoms. The molecule has 0 aromatic carbocycles. The van der Waals surface area contributed by atoms with Crippen LogP contribution in [0.25, 0.3) is 0 Å². The first-order chi connectivity index (χ1) is 9.31. The van der Waals surface area contributed by atoms with E-state index in [9.17, 15) is 8.42 Å². The molecule has 5 nitrogen and oxygen atoms in total. The van der Waals surface area contributed by atoms with Gasteiger partial charge in [-0.2, -0.15) is 0 Å². The number of methoxy groups -OCH3 is 1. The Balaban J connectivity index is 2.97. The second kappa shape index (κ2) is 7.51. The fraction of sp³-hybridized carbons (Fsp3) is 0.692. The smallest absolute Gasteiger partial charge is 0.242 e. The van der Waals surface area contributed by atoms with Crippen molar-refractivity contribution in [2.75, 3.05) is 20.8 Å². The summed E-state index contributed by atoms with van der Waals surface area (Å²) in [7, 11) is -0.0862. The van der Waals surface area contributed by atoms with Gasteiger partial charge in [0.1, 0.15) is 0 Å². The van der Waals surface area contributed by atoms with Gasteiger partial charge in [-0.25, -0.2) is 13.1 Å². The van der Waals surface area contributed by atoms with E-state index < -0.39 is 10.0 Å². The molecule has 116 valence electrons. The van der Waals surface area contributed by atoms with Crippen molar-refractivity contribution >= 4 is 21.4 Å². The van der Waals surface area contributed by atoms with Crippen molar-refractivity contribution in [1.82, 2.24) is 10.0 Å². The molecule has 0 saturated heterocycles. The van der Waals surface area contributed by atoms with E-state index in [1.165, 1.54) is 11.3 Å². The van der Waals surface area contributed by atoms with Crippen LogP contribution in [-0.2, 0) is 21.3 Å². The molecule has 1 aromatic heterocycles. The molecule has 2 N–H and O–H groups in total. The van der Waals surface area contributed by atoms with Crippen LogP contribution in [0.15, 0.2) is 11.0 Å². The monoisotopic (exact) mass is 320 g/mol. The van der Waals surface area contributed by atoms with E-state index in [0.29, 0.717) is 18.0 Å². The van der Waals surface area contributed by atoms with Gasteiger partial charge in [0.25, 0.3) is 0 Å². The molecule has 7 heteroatoms. The largest absolute Gasteiger partial charge is 0.383 e. The third-order valence-electron chi connectivity index (χ3n) is 3.02. The Hall–Kier alpha value is -0.470. The molecule has 1 unspecified atom stereocenters. The fourth-order valence-electron chi connectivity index (χ4n) is 1.86. The molecule has 0 aliphatic carbocycles. The molecule has 0 radical (unpaired) electrons. The molecular weight excluding hydrogens is 296 g/mol. The number of hydrogen-bond acceptors (Lipinski definition) is 5. The fourth-order valence-corrected chi connectivity index (χ4v) is 4.87. The van der Waals surface area contributed by atoms with Crippen LogP contribution in [0.2, 0.25) is 0 Å². The Morgan fingerprint density at radius 3 is 2.55 bits per heavy atom. The first-order valence-electron chi connectivity index (χ1n) is 6.57. The van der Waals surface area contributed by atoms with Gasteiger partial charge in [0, 0.05) is 29.5 Å². The summed E-state index contributed by atoms with van der Waals surface area (Å²) in [4.78, 5) is 2.19. The molecular formula is C13H24N2O3S2. The van der Waals surface area contributed by atoms with Gasteiger partial charge in [0.2, 0.25) is 10.0 Å². The van der Waals surface area contributed by atoms with Gasteiger partial charge in [0.05, 0.1) is 11.5 Å². The molecule has 0 aliphatic rings. The minimum absolute atomic E-state index is 0.167. The highest BCUT2D eigenvalue weighted by Crippen LogP contribution is 2.26. The highest BCUT2D eigenvalue weighted by Gasteiger charge is 2.25. The van der Waals surface area contributed by atoms with E-state index in [-0.39, 0.29) is 12.0 Å². The Bertz CT molecular complexity index is 524. The van der Waals surface area contributed by atoms with Crippen LogP contribution in [0.3, 0.4) is 0 Å². The number of ether oxygens (including phenoxy) is 1. The van der Waals surface area contributed by atoms with Crippen molar-refractivity contribution in [2.45, 2.75) is 38.3 Å². The lowest BCUT2D eigenvalue weighted by Gasteiger charge is -2.21. The van der Waals surface area contributed by atoms with E-state index in [1.54, 1.807) is 13.2 Å². The average Bonchev–Trinajstić information content (AvgIpc) is 2.71. The zero-order chi connectivity index (χ0) is 15.3. The summed E-state index contributed by atoms with van der Waals surface area (Å²) >= 11 is 1.50. The number of rotatable bonds is 8. The van der Waals surface area contributed by atoms with Crippen LogP contribution in [0.4, 0.5) is 0 Å². The number of aryl methyl sites for hydroxylation is 1. The molecule has 0 bridgehead atoms. The van der Waals surface area contributed by atoms with E-state index in [0.717, 1.165) is 9.75 Å². The van der Waals surface area contributed by atoms with Gasteiger partial charge < -0.3 is 10.1 Å². The summed E-state index contributed by atoms with van der Waals surface area (Å²) < 4.78 is 32.8. The maximum absolute atomic E-state index is 12.5. The first-order valence-corrected chi connectivity index (χ1v) is 8.87. The Labute approximate surface area is 125 Å². The summed E-state index contributed by atoms with van der Waals surface area (Å²) in [6, 6.07) is 1.51. The van der Waals surface area contributed by atoms with E-state index in [1.807, 2.05) is 27.8 Å². The lowest BCUT2D eigenvalue weighted by molar-refractivity contribution is 0.157. The third-order valence-corrected chi connectivity index (χ3v) is 5.82. The van der Waals surface area contributed by atoms with Crippen molar-refractivity contribution in [2.24, 2.45) is 5.92 Å². The summed E-state index contributed by atoms with van der Waals surface area (Å²) in [5, 5.41) is 3.03. The molecule has 1 heterocycles. The summed E-state index contributed by atoms with van der Waals surface area (Å²) in [5.41, 5.74) is 0. The predicted octanol–water partition coefficient (Wildman–Crippen LogP) is 1.73. The minimum atomic E-state index is -3.50. The third kappa shape index (κ3) is 4.53. The highest BCUT2D eigenvalue weighted by atomic mass is 32.2. The quantitative estimate of drug-likeness (QED) is 0.765. The molecule has 1 rings (SSSR count). The van der Waals surface area contributed by atoms with Gasteiger partial charge >= 0.3 is 0 Å². The van der Waals surface area contributed by atoms with Crippen molar-refractivity contribution in [3.05, 3.63) is 15.8 Å². The highest BCUT2D eigenvalue weighted by molar-refractivity contribution is 7.89. The molecule has 0 saturated carbocycles. The second-order valence-corrected chi connectivity index (χ2v) is 8.11. The summed E-state index contributed by atoms with van der Waals surface area (Å²) in [5.74, 6) is 0.167. The van der Waals surface area contributed by atoms with Crippen LogP contribution >= 0.6 is 11.3 Å². The zero-order valence-corrected chi connectivity index (χ0v) is 14.3. The summed E-state index contributed by atoms with van der Waals surface area (Å²) in [6.45, 7) is 6.81. The molecule has 1 atom stereocenters. The summed E-state index contributed by atoms with van der Waals surface area (Å²) in [6.07, 6.45) is 0. The van der Waals surface area contributed by atoms with Gasteiger partial charge in [-0.1, -0.05) is 13.8 Å². The van der Waals surface area contributed by atoms with Crippen LogP contribution in [0.1, 0.15) is 23.6 Å². The van der Waals surface area contributed by atoms with Gasteiger partial charge in [0.15, 0.2) is 0 Å². The Morgan fingerprint density at radius 1 is 1.40 bits per heavy atom. The second-order valence-electron chi connectivity index (χ2n) is 5.09. The Morgan fingerprint density at radius 2 is 2.05 bits per heavy atom. The van der Waals surface area contributed by atoms with Crippen molar-refractivity contribution in [3.8, 4) is 0 Å².